The van der Waals surface area contributed by atoms with Gasteiger partial charge < -0.3 is 34.7 Å². The zero-order valence-electron chi connectivity index (χ0n) is 39.0. The highest BCUT2D eigenvalue weighted by molar-refractivity contribution is 5.87. The summed E-state index contributed by atoms with van der Waals surface area (Å²) in [5.74, 6) is -1.27. The molecule has 2 atom stereocenters. The van der Waals surface area contributed by atoms with Crippen molar-refractivity contribution >= 4 is 40.9 Å². The Bertz CT molecular complexity index is 1200. The van der Waals surface area contributed by atoms with E-state index in [-0.39, 0.29) is 93.3 Å². The van der Waals surface area contributed by atoms with Crippen LogP contribution in [0.4, 0.5) is 0 Å². The smallest absolute Gasteiger partial charge is 0.303 e. The maximum Gasteiger partial charge on any atom is 0.303 e. The molecule has 0 rings (SSSR count). The average Bonchev–Trinajstić information content (AvgIpc) is 3.23. The number of rotatable bonds is 48. The van der Waals surface area contributed by atoms with Crippen LogP contribution in [0.1, 0.15) is 188 Å². The molecule has 1 unspecified atom stereocenters. The lowest BCUT2D eigenvalue weighted by Crippen LogP contribution is -2.29. The van der Waals surface area contributed by atoms with Gasteiger partial charge in [-0.2, -0.15) is 0 Å². The summed E-state index contributed by atoms with van der Waals surface area (Å²) in [6.45, 7) is 7.62. The minimum Gasteiger partial charge on any atom is -0.481 e. The molecule has 0 spiro atoms. The highest BCUT2D eigenvalue weighted by atomic mass is 16.5. The number of nitrogens with one attached hydrogen (secondary N) is 2. The van der Waals surface area contributed by atoms with Crippen LogP contribution in [0.15, 0.2) is 0 Å². The third kappa shape index (κ3) is 42.2. The van der Waals surface area contributed by atoms with Crippen molar-refractivity contribution in [2.75, 3.05) is 65.9 Å². The molecule has 3 N–H and O–H groups in total. The van der Waals surface area contributed by atoms with E-state index in [1.165, 1.54) is 71.1 Å². The largest absolute Gasteiger partial charge is 0.481 e. The van der Waals surface area contributed by atoms with Gasteiger partial charge in [-0.1, -0.05) is 103 Å². The number of carboxylic acid groups (broad SMARTS) is 1. The number of ether oxygens (including phenoxy) is 4. The van der Waals surface area contributed by atoms with Gasteiger partial charge in [-0.05, 0) is 52.4 Å². The summed E-state index contributed by atoms with van der Waals surface area (Å²) >= 11 is 0. The number of hydrogen-bond donors (Lipinski definition) is 3. The van der Waals surface area contributed by atoms with E-state index >= 15 is 0 Å². The van der Waals surface area contributed by atoms with Crippen LogP contribution in [0.5, 0.6) is 0 Å². The third-order valence-corrected chi connectivity index (χ3v) is 11.0. The Balaban J connectivity index is 3.63. The molecule has 0 aliphatic carbocycles. The molecule has 0 heterocycles. The number of ketones is 4. The predicted molar refractivity (Wildman–Crippen MR) is 241 cm³/mol. The van der Waals surface area contributed by atoms with E-state index < -0.39 is 11.9 Å². The van der Waals surface area contributed by atoms with Crippen molar-refractivity contribution in [1.29, 1.82) is 0 Å². The third-order valence-electron chi connectivity index (χ3n) is 11.0. The molecule has 0 aromatic carbocycles. The van der Waals surface area contributed by atoms with E-state index in [0.29, 0.717) is 58.4 Å². The number of carbonyl (C=O) groups excluding carboxylic acids is 6. The predicted octanol–water partition coefficient (Wildman–Crippen LogP) is 8.08. The standard InChI is InChI=1S/C48H86N2O12/c1-40(41(2)51)23-20-21-29-49-47(56)39-62-36-33-59-31-22-25-45(54)38-61-35-34-60-32-30-50-46(55)28-27-43(42(3)52)37-44(53)24-18-16-14-12-10-8-6-4-5-7-9-11-13-15-17-19-26-48(57)58/h40,43H,4-39H2,1-3H3,(H,49,56)(H,50,55)(H,57,58)/t40-,43?/m0/s1. The molecule has 360 valence electrons. The number of aliphatic carboxylic acids is 1. The molecule has 0 radical (unpaired) electrons. The number of Topliss-reactive ketones (excluding diaryl/α,β-unsaturated/α-hetero) is 4. The van der Waals surface area contributed by atoms with Gasteiger partial charge in [0.1, 0.15) is 30.6 Å². The van der Waals surface area contributed by atoms with Gasteiger partial charge in [0, 0.05) is 63.6 Å². The van der Waals surface area contributed by atoms with Gasteiger partial charge in [0.15, 0.2) is 5.78 Å². The second kappa shape index (κ2) is 43.2. The molecular formula is C48H86N2O12. The van der Waals surface area contributed by atoms with Crippen LogP contribution in [-0.4, -0.2) is 112 Å². The van der Waals surface area contributed by atoms with Crippen LogP contribution in [0, 0.1) is 11.8 Å². The average molecular weight is 883 g/mol. The van der Waals surface area contributed by atoms with Crippen LogP contribution in [0.2, 0.25) is 0 Å². The highest BCUT2D eigenvalue weighted by Crippen LogP contribution is 2.18. The van der Waals surface area contributed by atoms with Crippen LogP contribution in [0.3, 0.4) is 0 Å². The molecule has 14 heteroatoms. The monoisotopic (exact) mass is 883 g/mol. The van der Waals surface area contributed by atoms with E-state index in [9.17, 15) is 33.6 Å². The first-order valence-electron chi connectivity index (χ1n) is 24.0. The molecule has 0 aliphatic rings. The minimum atomic E-state index is -0.695. The molecule has 0 aliphatic heterocycles. The van der Waals surface area contributed by atoms with E-state index in [1.807, 2.05) is 6.92 Å². The Hall–Kier alpha value is -3.07. The van der Waals surface area contributed by atoms with Gasteiger partial charge in [0.25, 0.3) is 0 Å². The lowest BCUT2D eigenvalue weighted by Gasteiger charge is -2.13. The lowest BCUT2D eigenvalue weighted by molar-refractivity contribution is -0.137. The van der Waals surface area contributed by atoms with Crippen molar-refractivity contribution in [3.05, 3.63) is 0 Å². The molecule has 14 nitrogen and oxygen atoms in total. The summed E-state index contributed by atoms with van der Waals surface area (Å²) in [7, 11) is 0. The Morgan fingerprint density at radius 2 is 0.919 bits per heavy atom. The molecular weight excluding hydrogens is 797 g/mol. The summed E-state index contributed by atoms with van der Waals surface area (Å²) in [4.78, 5) is 82.7. The minimum absolute atomic E-state index is 0.0149. The number of unbranched alkanes of at least 4 members (excludes halogenated alkanes) is 16. The van der Waals surface area contributed by atoms with E-state index in [4.69, 9.17) is 24.1 Å². The zero-order valence-corrected chi connectivity index (χ0v) is 39.0. The highest BCUT2D eigenvalue weighted by Gasteiger charge is 2.19. The topological polar surface area (TPSA) is 201 Å². The fourth-order valence-corrected chi connectivity index (χ4v) is 6.85. The summed E-state index contributed by atoms with van der Waals surface area (Å²) in [5, 5.41) is 14.2. The van der Waals surface area contributed by atoms with Crippen molar-refractivity contribution in [2.45, 2.75) is 188 Å². The molecule has 0 fully saturated rings. The first-order valence-corrected chi connectivity index (χ1v) is 24.0. The quantitative estimate of drug-likeness (QED) is 0.0497. The van der Waals surface area contributed by atoms with Crippen LogP contribution in [-0.2, 0) is 52.5 Å². The zero-order chi connectivity index (χ0) is 45.9. The molecule has 62 heavy (non-hydrogen) atoms. The normalized spacial score (nSPS) is 12.2. The van der Waals surface area contributed by atoms with Crippen molar-refractivity contribution in [1.82, 2.24) is 10.6 Å². The fraction of sp³-hybridized carbons (Fsp3) is 0.854. The fourth-order valence-electron chi connectivity index (χ4n) is 6.85. The van der Waals surface area contributed by atoms with E-state index in [0.717, 1.165) is 57.8 Å². The summed E-state index contributed by atoms with van der Waals surface area (Å²) in [6, 6.07) is 0. The van der Waals surface area contributed by atoms with Crippen LogP contribution >= 0.6 is 0 Å². The number of amides is 2. The maximum absolute atomic E-state index is 12.6. The van der Waals surface area contributed by atoms with Crippen LogP contribution < -0.4 is 10.6 Å². The molecule has 0 saturated carbocycles. The Morgan fingerprint density at radius 3 is 1.47 bits per heavy atom. The molecule has 0 aromatic heterocycles. The summed E-state index contributed by atoms with van der Waals surface area (Å²) in [5.41, 5.74) is 0. The first-order chi connectivity index (χ1) is 29.9. The second-order valence-corrected chi connectivity index (χ2v) is 16.8. The van der Waals surface area contributed by atoms with E-state index in [1.54, 1.807) is 6.92 Å². The summed E-state index contributed by atoms with van der Waals surface area (Å²) in [6.07, 6.45) is 23.4. The molecule has 2 amide bonds. The molecule has 0 saturated heterocycles. The van der Waals surface area contributed by atoms with Crippen molar-refractivity contribution in [2.24, 2.45) is 11.8 Å². The summed E-state index contributed by atoms with van der Waals surface area (Å²) < 4.78 is 21.6. The second-order valence-electron chi connectivity index (χ2n) is 16.8. The lowest BCUT2D eigenvalue weighted by atomic mass is 9.91. The van der Waals surface area contributed by atoms with Gasteiger partial charge in [0.05, 0.1) is 33.0 Å². The first kappa shape index (κ1) is 58.9. The maximum atomic E-state index is 12.6. The van der Waals surface area contributed by atoms with Crippen molar-refractivity contribution in [3.8, 4) is 0 Å². The number of hydrogen-bond acceptors (Lipinski definition) is 11. The van der Waals surface area contributed by atoms with Gasteiger partial charge in [0.2, 0.25) is 11.8 Å². The van der Waals surface area contributed by atoms with Crippen molar-refractivity contribution in [3.63, 3.8) is 0 Å². The van der Waals surface area contributed by atoms with Gasteiger partial charge >= 0.3 is 5.97 Å². The van der Waals surface area contributed by atoms with Crippen molar-refractivity contribution < 1.29 is 57.6 Å². The number of carbonyl (C=O) groups is 7. The van der Waals surface area contributed by atoms with Gasteiger partial charge in [-0.3, -0.25) is 33.6 Å². The SMILES string of the molecule is CC(=O)C(CCC(=O)NCCOCCOCC(=O)CCCOCCOCC(=O)NCCCC[C@H](C)C(C)=O)CC(=O)CCCCCCCCCCCCCCCCCCC(=O)O. The van der Waals surface area contributed by atoms with Crippen LogP contribution in [0.25, 0.3) is 0 Å². The van der Waals surface area contributed by atoms with Gasteiger partial charge in [-0.15, -0.1) is 0 Å². The molecule has 0 bridgehead atoms. The van der Waals surface area contributed by atoms with E-state index in [2.05, 4.69) is 10.6 Å². The Morgan fingerprint density at radius 1 is 0.435 bits per heavy atom. The Kier molecular flexibility index (Phi) is 41.1. The number of carboxylic acids is 1. The molecule has 0 aromatic rings. The Labute approximate surface area is 373 Å². The van der Waals surface area contributed by atoms with Gasteiger partial charge in [-0.25, -0.2) is 0 Å².